The van der Waals surface area contributed by atoms with Gasteiger partial charge in [0, 0.05) is 4.20 Å². The molecule has 1 heterocycles. The van der Waals surface area contributed by atoms with Crippen LogP contribution in [0.2, 0.25) is 0 Å². The maximum absolute atomic E-state index is 11.2. The number of aldehydes is 1. The first kappa shape index (κ1) is 29.4. The topological polar surface area (TPSA) is 50.7 Å². The Morgan fingerprint density at radius 1 is 1.34 bits per heavy atom. The number of thiol groups is 1. The predicted octanol–water partition coefficient (Wildman–Crippen LogP) is 6.19. The molecule has 0 bridgehead atoms. The lowest BCUT2D eigenvalue weighted by atomic mass is 9.96. The van der Waals surface area contributed by atoms with Gasteiger partial charge in [-0.25, -0.2) is 0 Å². The van der Waals surface area contributed by atoms with Crippen molar-refractivity contribution in [3.05, 3.63) is 71.4 Å². The SMILES string of the molecule is C=C/C(=C\C=C1\C=CC=CC1C)COCC1=C(CCC(=S)S)C(C=O)=NC1.CNCC1CCCC1. The number of nitrogens with one attached hydrogen (secondary N) is 1. The van der Waals surface area contributed by atoms with Crippen LogP contribution in [0, 0.1) is 11.8 Å². The van der Waals surface area contributed by atoms with Gasteiger partial charge in [-0.2, -0.15) is 0 Å². The van der Waals surface area contributed by atoms with Gasteiger partial charge in [0.15, 0.2) is 6.29 Å². The van der Waals surface area contributed by atoms with Gasteiger partial charge in [0.05, 0.1) is 19.8 Å². The molecule has 1 atom stereocenters. The van der Waals surface area contributed by atoms with Crippen molar-refractivity contribution in [1.82, 2.24) is 5.32 Å². The highest BCUT2D eigenvalue weighted by atomic mass is 32.1. The van der Waals surface area contributed by atoms with Crippen molar-refractivity contribution in [3.63, 3.8) is 0 Å². The van der Waals surface area contributed by atoms with E-state index in [1.165, 1.54) is 37.8 Å². The Kier molecular flexibility index (Phi) is 14.1. The van der Waals surface area contributed by atoms with Crippen LogP contribution in [0.5, 0.6) is 0 Å². The van der Waals surface area contributed by atoms with Crippen LogP contribution in [-0.4, -0.2) is 49.5 Å². The summed E-state index contributed by atoms with van der Waals surface area (Å²) < 4.78 is 6.50. The highest BCUT2D eigenvalue weighted by molar-refractivity contribution is 8.11. The molecule has 0 aromatic heterocycles. The largest absolute Gasteiger partial charge is 0.372 e. The fraction of sp³-hybridized carbons (Fsp3) is 0.483. The zero-order valence-electron chi connectivity index (χ0n) is 21.2. The number of aliphatic imine (C=N–C) groups is 1. The average molecular weight is 513 g/mol. The van der Waals surface area contributed by atoms with E-state index in [9.17, 15) is 4.79 Å². The molecule has 6 heteroatoms. The lowest BCUT2D eigenvalue weighted by molar-refractivity contribution is -0.102. The fourth-order valence-electron chi connectivity index (χ4n) is 4.37. The van der Waals surface area contributed by atoms with Crippen molar-refractivity contribution in [2.45, 2.75) is 45.4 Å². The highest BCUT2D eigenvalue weighted by Crippen LogP contribution is 2.23. The molecule has 3 rings (SSSR count). The van der Waals surface area contributed by atoms with Crippen LogP contribution < -0.4 is 5.32 Å². The van der Waals surface area contributed by atoms with Crippen LogP contribution in [-0.2, 0) is 9.53 Å². The molecular formula is C29H40N2O2S2. The Morgan fingerprint density at radius 2 is 2.11 bits per heavy atom. The molecule has 1 aliphatic heterocycles. The predicted molar refractivity (Wildman–Crippen MR) is 157 cm³/mol. The summed E-state index contributed by atoms with van der Waals surface area (Å²) in [7, 11) is 2.04. The van der Waals surface area contributed by atoms with E-state index in [4.69, 9.17) is 17.0 Å². The van der Waals surface area contributed by atoms with Crippen molar-refractivity contribution in [2.75, 3.05) is 33.4 Å². The second kappa shape index (κ2) is 16.7. The third-order valence-corrected chi connectivity index (χ3v) is 6.89. The third-order valence-electron chi connectivity index (χ3n) is 6.47. The number of hydrogen-bond donors (Lipinski definition) is 2. The molecule has 0 amide bonds. The first-order valence-electron chi connectivity index (χ1n) is 12.5. The zero-order valence-corrected chi connectivity index (χ0v) is 22.9. The maximum Gasteiger partial charge on any atom is 0.168 e. The molecule has 1 fully saturated rings. The molecule has 0 aromatic rings. The van der Waals surface area contributed by atoms with E-state index in [1.807, 2.05) is 19.2 Å². The van der Waals surface area contributed by atoms with E-state index in [-0.39, 0.29) is 0 Å². The number of rotatable bonds is 12. The molecule has 0 saturated heterocycles. The second-order valence-corrected chi connectivity index (χ2v) is 10.5. The first-order chi connectivity index (χ1) is 17.0. The molecule has 0 spiro atoms. The Hall–Kier alpha value is -1.86. The highest BCUT2D eigenvalue weighted by Gasteiger charge is 2.19. The molecule has 1 saturated carbocycles. The maximum atomic E-state index is 11.2. The summed E-state index contributed by atoms with van der Waals surface area (Å²) in [5.41, 5.74) is 4.75. The Balaban J connectivity index is 0.000000456. The molecule has 35 heavy (non-hydrogen) atoms. The summed E-state index contributed by atoms with van der Waals surface area (Å²) in [4.78, 5) is 15.5. The summed E-state index contributed by atoms with van der Waals surface area (Å²) >= 11 is 9.18. The summed E-state index contributed by atoms with van der Waals surface area (Å²) in [6.45, 7) is 8.68. The normalized spacial score (nSPS) is 21.2. The van der Waals surface area contributed by atoms with Crippen LogP contribution in [0.4, 0.5) is 0 Å². The molecule has 0 aromatic carbocycles. The van der Waals surface area contributed by atoms with Gasteiger partial charge in [-0.3, -0.25) is 9.79 Å². The van der Waals surface area contributed by atoms with Crippen molar-refractivity contribution in [3.8, 4) is 0 Å². The lowest BCUT2D eigenvalue weighted by Gasteiger charge is -2.11. The number of thiocarbonyl (C=S) groups is 1. The van der Waals surface area contributed by atoms with Crippen LogP contribution in [0.25, 0.3) is 0 Å². The van der Waals surface area contributed by atoms with Gasteiger partial charge in [0.25, 0.3) is 0 Å². The summed E-state index contributed by atoms with van der Waals surface area (Å²) in [5, 5.41) is 3.21. The van der Waals surface area contributed by atoms with E-state index in [1.54, 1.807) is 6.08 Å². The van der Waals surface area contributed by atoms with Gasteiger partial charge >= 0.3 is 0 Å². The van der Waals surface area contributed by atoms with Crippen LogP contribution in [0.15, 0.2) is 76.4 Å². The minimum Gasteiger partial charge on any atom is -0.372 e. The first-order valence-corrected chi connectivity index (χ1v) is 13.4. The monoisotopic (exact) mass is 512 g/mol. The number of ether oxygens (including phenoxy) is 1. The van der Waals surface area contributed by atoms with Gasteiger partial charge in [-0.15, -0.1) is 12.6 Å². The molecular weight excluding hydrogens is 472 g/mol. The quantitative estimate of drug-likeness (QED) is 0.142. The van der Waals surface area contributed by atoms with Gasteiger partial charge in [0.1, 0.15) is 5.71 Å². The van der Waals surface area contributed by atoms with Gasteiger partial charge < -0.3 is 10.1 Å². The molecule has 2 aliphatic carbocycles. The smallest absolute Gasteiger partial charge is 0.168 e. The lowest BCUT2D eigenvalue weighted by Crippen LogP contribution is -2.15. The van der Waals surface area contributed by atoms with Crippen LogP contribution in [0.1, 0.15) is 45.4 Å². The molecule has 4 nitrogen and oxygen atoms in total. The van der Waals surface area contributed by atoms with Crippen molar-refractivity contribution >= 4 is 41.0 Å². The number of hydrogen-bond acceptors (Lipinski definition) is 5. The van der Waals surface area contributed by atoms with Crippen molar-refractivity contribution < 1.29 is 9.53 Å². The van der Waals surface area contributed by atoms with E-state index < -0.39 is 0 Å². The molecule has 1 unspecified atom stereocenters. The van der Waals surface area contributed by atoms with E-state index >= 15 is 0 Å². The molecule has 190 valence electrons. The molecule has 3 aliphatic rings. The second-order valence-electron chi connectivity index (χ2n) is 9.14. The Labute approximate surface area is 222 Å². The summed E-state index contributed by atoms with van der Waals surface area (Å²) in [5.74, 6) is 1.40. The van der Waals surface area contributed by atoms with Crippen LogP contribution in [0.3, 0.4) is 0 Å². The minimum absolute atomic E-state index is 0.404. The van der Waals surface area contributed by atoms with Crippen molar-refractivity contribution in [1.29, 1.82) is 0 Å². The summed E-state index contributed by atoms with van der Waals surface area (Å²) in [6.07, 6.45) is 22.3. The molecule has 0 radical (unpaired) electrons. The summed E-state index contributed by atoms with van der Waals surface area (Å²) in [6, 6.07) is 0. The third kappa shape index (κ3) is 10.7. The average Bonchev–Trinajstić information content (AvgIpc) is 3.51. The van der Waals surface area contributed by atoms with Crippen LogP contribution >= 0.6 is 24.8 Å². The van der Waals surface area contributed by atoms with E-state index in [0.29, 0.717) is 48.4 Å². The number of carbonyl (C=O) groups excluding carboxylic acids is 1. The Morgan fingerprint density at radius 3 is 2.74 bits per heavy atom. The minimum atomic E-state index is 0.404. The number of nitrogens with zero attached hydrogens (tertiary/aromatic N) is 1. The fourth-order valence-corrected chi connectivity index (χ4v) is 4.59. The van der Waals surface area contributed by atoms with Crippen molar-refractivity contribution in [2.24, 2.45) is 16.8 Å². The molecule has 1 N–H and O–H groups in total. The number of carbonyl (C=O) groups is 1. The van der Waals surface area contributed by atoms with E-state index in [2.05, 4.69) is 60.7 Å². The Bertz CT molecular complexity index is 919. The van der Waals surface area contributed by atoms with Gasteiger partial charge in [-0.1, -0.05) is 81.1 Å². The zero-order chi connectivity index (χ0) is 25.5. The standard InChI is InChI=1S/C22H25NO2S2.C7H15N/c1-3-17(8-9-18-7-5-4-6-16(18)2)14-25-15-19-12-23-21(13-24)20(19)10-11-22(26)27;1-8-6-7-4-2-3-5-7/h3-9,13,16H,1,10-12,14-15H2,2H3,(H,26,27);7-8H,2-6H2,1H3/b17-8+,18-9-;. The van der Waals surface area contributed by atoms with Gasteiger partial charge in [-0.05, 0) is 73.4 Å². The van der Waals surface area contributed by atoms with Gasteiger partial charge in [0.2, 0.25) is 0 Å². The van der Waals surface area contributed by atoms with E-state index in [0.717, 1.165) is 28.9 Å². The number of allylic oxidation sites excluding steroid dienone is 8.